The number of nitrogens with zero attached hydrogens (tertiary/aromatic N) is 4. The van der Waals surface area contributed by atoms with Gasteiger partial charge in [0.2, 0.25) is 5.91 Å². The fraction of sp³-hybridized carbons (Fsp3) is 0.360. The molecule has 4 amide bonds. The summed E-state index contributed by atoms with van der Waals surface area (Å²) < 4.78 is 9.75. The van der Waals surface area contributed by atoms with Gasteiger partial charge in [-0.05, 0) is 95.2 Å². The number of likely N-dealkylation sites (tertiary alicyclic amines) is 2. The van der Waals surface area contributed by atoms with E-state index in [1.807, 2.05) is 60.0 Å². The molecular weight excluding hydrogens is 809 g/mol. The molecule has 0 unspecified atom stereocenters. The van der Waals surface area contributed by atoms with E-state index in [4.69, 9.17) is 19.4 Å². The fourth-order valence-corrected chi connectivity index (χ4v) is 10.6. The normalized spacial score (nSPS) is 21.6. The largest absolute Gasteiger partial charge is 0.453 e. The van der Waals surface area contributed by atoms with Gasteiger partial charge in [0.05, 0.1) is 48.4 Å². The number of aromatic amines is 2. The Bertz CT molecular complexity index is 2960. The van der Waals surface area contributed by atoms with Gasteiger partial charge in [-0.1, -0.05) is 87.5 Å². The zero-order chi connectivity index (χ0) is 44.4. The van der Waals surface area contributed by atoms with E-state index < -0.39 is 24.3 Å². The van der Waals surface area contributed by atoms with Crippen LogP contribution in [0.2, 0.25) is 0 Å². The molecule has 0 spiro atoms. The molecular formula is C50H52N8O6. The van der Waals surface area contributed by atoms with Crippen LogP contribution in [0.5, 0.6) is 0 Å². The Hall–Kier alpha value is -6.96. The summed E-state index contributed by atoms with van der Waals surface area (Å²) in [5, 5.41) is 9.66. The van der Waals surface area contributed by atoms with Crippen LogP contribution < -0.4 is 10.6 Å². The molecule has 2 aromatic heterocycles. The highest BCUT2D eigenvalue weighted by atomic mass is 16.5. The van der Waals surface area contributed by atoms with E-state index in [0.717, 1.165) is 92.1 Å². The summed E-state index contributed by atoms with van der Waals surface area (Å²) in [6, 6.07) is 28.5. The van der Waals surface area contributed by atoms with E-state index in [-0.39, 0.29) is 47.7 Å². The van der Waals surface area contributed by atoms with Crippen LogP contribution in [0.4, 0.5) is 9.59 Å². The van der Waals surface area contributed by atoms with Crippen molar-refractivity contribution in [3.05, 3.63) is 108 Å². The van der Waals surface area contributed by atoms with Gasteiger partial charge in [0.25, 0.3) is 5.91 Å². The van der Waals surface area contributed by atoms with E-state index in [0.29, 0.717) is 12.1 Å². The molecule has 3 fully saturated rings. The molecule has 5 aromatic carbocycles. The van der Waals surface area contributed by atoms with Crippen molar-refractivity contribution in [3.8, 4) is 11.1 Å². The maximum absolute atomic E-state index is 14.5. The quantitative estimate of drug-likeness (QED) is 0.111. The van der Waals surface area contributed by atoms with E-state index in [1.54, 1.807) is 0 Å². The number of ether oxygens (including phenoxy) is 2. The van der Waals surface area contributed by atoms with Crippen LogP contribution in [-0.2, 0) is 19.1 Å². The van der Waals surface area contributed by atoms with E-state index >= 15 is 0 Å². The topological polar surface area (TPSA) is 175 Å². The number of aromatic nitrogens is 4. The molecule has 2 bridgehead atoms. The summed E-state index contributed by atoms with van der Waals surface area (Å²) in [7, 11) is 2.60. The van der Waals surface area contributed by atoms with Gasteiger partial charge < -0.3 is 39.9 Å². The van der Waals surface area contributed by atoms with Crippen LogP contribution in [0, 0.1) is 17.8 Å². The van der Waals surface area contributed by atoms with Gasteiger partial charge in [0.15, 0.2) is 0 Å². The first kappa shape index (κ1) is 41.1. The third-order valence-electron chi connectivity index (χ3n) is 13.8. The number of alkyl carbamates (subject to hydrolysis) is 2. The summed E-state index contributed by atoms with van der Waals surface area (Å²) in [4.78, 5) is 74.3. The SMILES string of the molecule is COC(=O)N[C@H](C(=O)N1C[C@@H](C)C[C@H]1c1nc2c(ccc3cc(-c4ccc5c(ccc6[nH]c([C@@H]7[C@H]8CC[C@H](C8)N7C(=O)[C@H](NC(=O)OC)c7ccccc7)nc65)c4)ccc32)[nH]1)C(C)C. The molecule has 4 heterocycles. The maximum atomic E-state index is 14.5. The van der Waals surface area contributed by atoms with Crippen molar-refractivity contribution in [1.29, 1.82) is 0 Å². The highest BCUT2D eigenvalue weighted by Crippen LogP contribution is 2.51. The van der Waals surface area contributed by atoms with Gasteiger partial charge in [-0.2, -0.15) is 0 Å². The second kappa shape index (κ2) is 16.3. The van der Waals surface area contributed by atoms with Crippen LogP contribution >= 0.6 is 0 Å². The number of methoxy groups -OCH3 is 2. The Morgan fingerprint density at radius 3 is 1.95 bits per heavy atom. The monoisotopic (exact) mass is 860 g/mol. The van der Waals surface area contributed by atoms with Crippen molar-refractivity contribution >= 4 is 67.6 Å². The van der Waals surface area contributed by atoms with E-state index in [2.05, 4.69) is 82.1 Å². The van der Waals surface area contributed by atoms with Crippen molar-refractivity contribution in [3.63, 3.8) is 0 Å². The molecule has 3 aliphatic rings. The second-order valence-electron chi connectivity index (χ2n) is 18.1. The minimum Gasteiger partial charge on any atom is -0.453 e. The Labute approximate surface area is 370 Å². The van der Waals surface area contributed by atoms with Gasteiger partial charge in [-0.3, -0.25) is 9.59 Å². The highest BCUT2D eigenvalue weighted by Gasteiger charge is 2.51. The van der Waals surface area contributed by atoms with Gasteiger partial charge in [0.1, 0.15) is 23.7 Å². The predicted octanol–water partition coefficient (Wildman–Crippen LogP) is 8.85. The van der Waals surface area contributed by atoms with Crippen LogP contribution in [0.15, 0.2) is 91.0 Å². The Morgan fingerprint density at radius 2 is 1.33 bits per heavy atom. The Morgan fingerprint density at radius 1 is 0.719 bits per heavy atom. The molecule has 2 aliphatic heterocycles. The number of carbonyl (C=O) groups excluding carboxylic acids is 4. The number of imidazole rings is 2. The van der Waals surface area contributed by atoms with Gasteiger partial charge in [0, 0.05) is 23.4 Å². The Balaban J connectivity index is 0.929. The average molecular weight is 861 g/mol. The number of hydrogen-bond donors (Lipinski definition) is 4. The molecule has 328 valence electrons. The van der Waals surface area contributed by atoms with Crippen molar-refractivity contribution in [1.82, 2.24) is 40.4 Å². The Kier molecular flexibility index (Phi) is 10.5. The third kappa shape index (κ3) is 7.14. The zero-order valence-corrected chi connectivity index (χ0v) is 36.6. The summed E-state index contributed by atoms with van der Waals surface area (Å²) in [5.74, 6) is 1.58. The number of benzene rings is 5. The lowest BCUT2D eigenvalue weighted by Crippen LogP contribution is -2.51. The smallest absolute Gasteiger partial charge is 0.407 e. The number of nitrogens with one attached hydrogen (secondary N) is 4. The molecule has 0 radical (unpaired) electrons. The van der Waals surface area contributed by atoms with Crippen molar-refractivity contribution in [2.45, 2.75) is 76.7 Å². The fourth-order valence-electron chi connectivity index (χ4n) is 10.6. The first-order valence-electron chi connectivity index (χ1n) is 22.2. The molecule has 1 aliphatic carbocycles. The van der Waals surface area contributed by atoms with Crippen LogP contribution in [0.25, 0.3) is 54.7 Å². The second-order valence-corrected chi connectivity index (χ2v) is 18.1. The number of carbonyl (C=O) groups is 4. The highest BCUT2D eigenvalue weighted by molar-refractivity contribution is 6.07. The number of rotatable bonds is 9. The van der Waals surface area contributed by atoms with Crippen LogP contribution in [-0.4, -0.2) is 86.6 Å². The lowest BCUT2D eigenvalue weighted by atomic mass is 9.96. The summed E-state index contributed by atoms with van der Waals surface area (Å²) in [6.45, 7) is 6.53. The maximum Gasteiger partial charge on any atom is 0.407 e. The number of H-pyrrole nitrogens is 2. The molecule has 64 heavy (non-hydrogen) atoms. The summed E-state index contributed by atoms with van der Waals surface area (Å²) in [5.41, 5.74) is 6.34. The van der Waals surface area contributed by atoms with Crippen LogP contribution in [0.3, 0.4) is 0 Å². The number of amides is 4. The van der Waals surface area contributed by atoms with Crippen molar-refractivity contribution in [2.24, 2.45) is 17.8 Å². The van der Waals surface area contributed by atoms with E-state index in [1.165, 1.54) is 14.2 Å². The standard InChI is InChI=1S/C50H52N8O6/c1-26(2)40(55-49(61)63-4)47(59)57-25-27(3)21-39(57)45-51-37-19-14-31-22-29(12-17-35(31)42(37)53-45)30-13-18-36-32(23-30)15-20-38-43(36)54-46(52-38)44-33-11-16-34(24-33)58(44)48(60)41(56-50(62)64-5)28-9-7-6-8-10-28/h6-10,12-15,17-20,22-23,26-27,33-34,39-41,44H,11,16,21,24-25H2,1-5H3,(H,51,53)(H,52,54)(H,55,61)(H,56,62)/t27-,33-,34+,39-,40-,41+,44-/m0/s1. The van der Waals surface area contributed by atoms with Crippen LogP contribution in [0.1, 0.15) is 81.8 Å². The molecule has 1 saturated carbocycles. The molecule has 7 aromatic rings. The molecule has 2 saturated heterocycles. The van der Waals surface area contributed by atoms with Crippen molar-refractivity contribution < 1.29 is 28.7 Å². The minimum absolute atomic E-state index is 0.0618. The molecule has 10 rings (SSSR count). The number of hydrogen-bond acceptors (Lipinski definition) is 8. The van der Waals surface area contributed by atoms with Crippen molar-refractivity contribution in [2.75, 3.05) is 20.8 Å². The number of fused-ring (bicyclic) bond motifs is 8. The zero-order valence-electron chi connectivity index (χ0n) is 36.6. The molecule has 7 atom stereocenters. The summed E-state index contributed by atoms with van der Waals surface area (Å²) in [6.07, 6.45) is 2.30. The third-order valence-corrected chi connectivity index (χ3v) is 13.8. The summed E-state index contributed by atoms with van der Waals surface area (Å²) >= 11 is 0. The molecule has 14 nitrogen and oxygen atoms in total. The lowest BCUT2D eigenvalue weighted by Gasteiger charge is -2.36. The molecule has 4 N–H and O–H groups in total. The van der Waals surface area contributed by atoms with Gasteiger partial charge in [-0.15, -0.1) is 0 Å². The first-order chi connectivity index (χ1) is 31.0. The van der Waals surface area contributed by atoms with E-state index in [9.17, 15) is 19.2 Å². The predicted molar refractivity (Wildman–Crippen MR) is 244 cm³/mol. The average Bonchev–Trinajstić information content (AvgIpc) is 4.17. The minimum atomic E-state index is -0.886. The number of piperidine rings is 1. The molecule has 14 heteroatoms. The first-order valence-corrected chi connectivity index (χ1v) is 22.2. The van der Waals surface area contributed by atoms with Gasteiger partial charge in [-0.25, -0.2) is 19.6 Å². The van der Waals surface area contributed by atoms with Gasteiger partial charge >= 0.3 is 12.2 Å². The lowest BCUT2D eigenvalue weighted by molar-refractivity contribution is -0.138.